The molecule has 0 saturated carbocycles. The molecule has 0 aromatic heterocycles. The van der Waals surface area contributed by atoms with Gasteiger partial charge < -0.3 is 0 Å². The van der Waals surface area contributed by atoms with Crippen LogP contribution < -0.4 is 0 Å². The minimum Gasteiger partial charge on any atom is 0 e. The normalized spacial score (nSPS) is 0. The molecule has 0 amide bonds. The Bertz CT molecular complexity index is 11.6. The largest absolute Gasteiger partial charge is 0 e. The second-order valence-electron chi connectivity index (χ2n) is 0. The van der Waals surface area contributed by atoms with Crippen molar-refractivity contribution in [3.8, 4) is 0 Å². The van der Waals surface area contributed by atoms with Gasteiger partial charge in [-0.15, -0.1) is 0 Å². The van der Waals surface area contributed by atoms with E-state index in [4.69, 9.17) is 0 Å². The number of rotatable bonds is 0. The molecule has 1 radical (unpaired) electrons. The Hall–Kier alpha value is 3.13. The van der Waals surface area contributed by atoms with Crippen LogP contribution in [0.1, 0.15) is 0 Å². The van der Waals surface area contributed by atoms with E-state index in [1.54, 1.807) is 0 Å². The Morgan fingerprint density at radius 1 is 1.00 bits per heavy atom. The van der Waals surface area contributed by atoms with Crippen molar-refractivity contribution in [2.24, 2.45) is 0 Å². The molecule has 5 heteroatoms. The molecule has 0 rings (SSSR count). The van der Waals surface area contributed by atoms with Crippen LogP contribution in [-0.2, 0) is 33.3 Å². The Morgan fingerprint density at radius 2 is 1.00 bits per heavy atom. The van der Waals surface area contributed by atoms with Gasteiger partial charge in [0.1, 0.15) is 0 Å². The standard InChI is InChI=1S/Al.Co.Li.Na.Ni.5H. The molecule has 0 aromatic rings. The maximum atomic E-state index is 0. The third-order valence-electron chi connectivity index (χ3n) is 0. The summed E-state index contributed by atoms with van der Waals surface area (Å²) >= 11 is 0. The summed E-state index contributed by atoms with van der Waals surface area (Å²) in [6.07, 6.45) is 0. The monoisotopic (exact) mass is 179 g/mol. The van der Waals surface area contributed by atoms with E-state index >= 15 is 0 Å². The van der Waals surface area contributed by atoms with E-state index in [-0.39, 0.29) is 99.0 Å². The smallest absolute Gasteiger partial charge is 0 e. The molecule has 0 saturated heterocycles. The van der Waals surface area contributed by atoms with Gasteiger partial charge in [0.25, 0.3) is 0 Å². The zero-order valence-electron chi connectivity index (χ0n) is 0.650. The molecule has 29 valence electrons. The molecule has 0 heterocycles. The summed E-state index contributed by atoms with van der Waals surface area (Å²) in [5, 5.41) is 0. The third-order valence-corrected chi connectivity index (χ3v) is 0. The van der Waals surface area contributed by atoms with Gasteiger partial charge in [0.05, 0.1) is 0 Å². The summed E-state index contributed by atoms with van der Waals surface area (Å²) in [6, 6.07) is 0. The summed E-state index contributed by atoms with van der Waals surface area (Å²) in [7, 11) is 0. The predicted octanol–water partition coefficient (Wildman–Crippen LogP) is -2.49. The summed E-state index contributed by atoms with van der Waals surface area (Å²) in [5.41, 5.74) is 0. The molecule has 0 N–H and O–H groups in total. The Kier molecular flexibility index (Phi) is 231. The van der Waals surface area contributed by atoms with E-state index < -0.39 is 0 Å². The van der Waals surface area contributed by atoms with Crippen molar-refractivity contribution in [1.82, 2.24) is 0 Å². The summed E-state index contributed by atoms with van der Waals surface area (Å²) < 4.78 is 0. The summed E-state index contributed by atoms with van der Waals surface area (Å²) in [4.78, 5) is 0. The zero-order valence-corrected chi connectivity index (χ0v) is 2.68. The van der Waals surface area contributed by atoms with E-state index in [0.29, 0.717) is 0 Å². The van der Waals surface area contributed by atoms with Crippen LogP contribution in [0.3, 0.4) is 0 Å². The van der Waals surface area contributed by atoms with Gasteiger partial charge >= 0.3 is 48.4 Å². The summed E-state index contributed by atoms with van der Waals surface area (Å²) in [5.74, 6) is 0. The van der Waals surface area contributed by atoms with Crippen molar-refractivity contribution in [1.29, 1.82) is 0 Å². The van der Waals surface area contributed by atoms with Crippen LogP contribution in [0.15, 0.2) is 0 Å². The Labute approximate surface area is 97.3 Å². The maximum absolute atomic E-state index is 0. The van der Waals surface area contributed by atoms with Gasteiger partial charge in [0.2, 0.25) is 0 Å². The van der Waals surface area contributed by atoms with Crippen LogP contribution in [-0.4, -0.2) is 65.8 Å². The van der Waals surface area contributed by atoms with Gasteiger partial charge in [0, 0.05) is 33.3 Å². The molecular weight excluding hydrogens is 175 g/mol. The minimum atomic E-state index is 0. The van der Waals surface area contributed by atoms with Gasteiger partial charge in [-0.2, -0.15) is 0 Å². The van der Waals surface area contributed by atoms with E-state index in [1.807, 2.05) is 0 Å². The van der Waals surface area contributed by atoms with Gasteiger partial charge in [-0.3, -0.25) is 0 Å². The average molecular weight is 180 g/mol. The SMILES string of the molecule is [AlH3].[Co].[LiH].[NaH].[Ni]. The fourth-order valence-corrected chi connectivity index (χ4v) is 0. The minimum absolute atomic E-state index is 0. The number of hydrogen-bond donors (Lipinski definition) is 0. The van der Waals surface area contributed by atoms with Gasteiger partial charge in [-0.25, -0.2) is 0 Å². The van der Waals surface area contributed by atoms with Crippen LogP contribution in [0.25, 0.3) is 0 Å². The summed E-state index contributed by atoms with van der Waals surface area (Å²) in [6.45, 7) is 0. The fraction of sp³-hybridized carbons (Fsp3) is 0. The molecule has 0 spiro atoms. The third kappa shape index (κ3) is 19.2. The first-order chi connectivity index (χ1) is 0. The Morgan fingerprint density at radius 3 is 1.00 bits per heavy atom. The molecule has 0 aliphatic carbocycles. The molecular formula is H5AlCoLiNaNi. The van der Waals surface area contributed by atoms with E-state index in [2.05, 4.69) is 0 Å². The van der Waals surface area contributed by atoms with Crippen molar-refractivity contribution in [2.45, 2.75) is 0 Å². The van der Waals surface area contributed by atoms with Crippen molar-refractivity contribution >= 4 is 65.8 Å². The molecule has 0 aliphatic rings. The van der Waals surface area contributed by atoms with Crippen LogP contribution >= 0.6 is 0 Å². The molecule has 0 atom stereocenters. The number of hydrogen-bond acceptors (Lipinski definition) is 0. The fourth-order valence-electron chi connectivity index (χ4n) is 0. The maximum Gasteiger partial charge on any atom is 0 e. The van der Waals surface area contributed by atoms with E-state index in [9.17, 15) is 0 Å². The van der Waals surface area contributed by atoms with Crippen LogP contribution in [0.2, 0.25) is 0 Å². The first kappa shape index (κ1) is 42.2. The second kappa shape index (κ2) is 27.3. The molecule has 0 aliphatic heterocycles. The van der Waals surface area contributed by atoms with Crippen LogP contribution in [0.4, 0.5) is 0 Å². The molecule has 0 bridgehead atoms. The first-order valence-electron chi connectivity index (χ1n) is 0. The molecule has 0 unspecified atom stereocenters. The van der Waals surface area contributed by atoms with E-state index in [1.165, 1.54) is 0 Å². The van der Waals surface area contributed by atoms with E-state index in [0.717, 1.165) is 0 Å². The van der Waals surface area contributed by atoms with Gasteiger partial charge in [0.15, 0.2) is 17.4 Å². The van der Waals surface area contributed by atoms with Crippen LogP contribution in [0.5, 0.6) is 0 Å². The quantitative estimate of drug-likeness (QED) is 0.361. The van der Waals surface area contributed by atoms with Crippen LogP contribution in [0, 0.1) is 0 Å². The predicted molar refractivity (Wildman–Crippen MR) is 24.2 cm³/mol. The molecule has 0 fully saturated rings. The zero-order chi connectivity index (χ0) is 0. The van der Waals surface area contributed by atoms with Gasteiger partial charge in [-0.05, 0) is 0 Å². The van der Waals surface area contributed by atoms with Crippen molar-refractivity contribution in [3.63, 3.8) is 0 Å². The molecule has 0 aromatic carbocycles. The van der Waals surface area contributed by atoms with Crippen molar-refractivity contribution in [3.05, 3.63) is 0 Å². The Balaban J connectivity index is 0. The van der Waals surface area contributed by atoms with Crippen molar-refractivity contribution < 1.29 is 33.3 Å². The molecule has 5 heavy (non-hydrogen) atoms. The van der Waals surface area contributed by atoms with Gasteiger partial charge in [-0.1, -0.05) is 0 Å². The first-order valence-corrected chi connectivity index (χ1v) is 0. The molecule has 0 nitrogen and oxygen atoms in total. The second-order valence-corrected chi connectivity index (χ2v) is 0. The van der Waals surface area contributed by atoms with Crippen molar-refractivity contribution in [2.75, 3.05) is 0 Å². The average Bonchev–Trinajstić information content (AvgIpc) is 0. The topological polar surface area (TPSA) is 0 Å².